The second-order valence-corrected chi connectivity index (χ2v) is 8.75. The van der Waals surface area contributed by atoms with Crippen molar-refractivity contribution in [3.63, 3.8) is 0 Å². The third-order valence-corrected chi connectivity index (χ3v) is 6.02. The molecule has 4 rings (SSSR count). The smallest absolute Gasteiger partial charge is 0.251 e. The van der Waals surface area contributed by atoms with Crippen LogP contribution in [-0.2, 0) is 6.54 Å². The standard InChI is InChI=1S/C28H33N3O2/c1-22-8-12-25(13-9-22)28(32)29-20-23(2)33-27-14-10-24(11-15-27)21-30-16-18-31(19-17-30)26-6-4-3-5-7-26/h3-15,23H,16-21H2,1-2H3,(H,29,32)/t23-/m0/s1. The molecule has 0 saturated carbocycles. The minimum absolute atomic E-state index is 0.0758. The molecular weight excluding hydrogens is 410 g/mol. The molecule has 0 aromatic heterocycles. The van der Waals surface area contributed by atoms with Crippen molar-refractivity contribution in [1.29, 1.82) is 0 Å². The summed E-state index contributed by atoms with van der Waals surface area (Å²) in [6.45, 7) is 9.61. The predicted octanol–water partition coefficient (Wildman–Crippen LogP) is 4.51. The predicted molar refractivity (Wildman–Crippen MR) is 134 cm³/mol. The number of hydrogen-bond acceptors (Lipinski definition) is 4. The molecule has 1 fully saturated rings. The van der Waals surface area contributed by atoms with Crippen molar-refractivity contribution in [2.24, 2.45) is 0 Å². The van der Waals surface area contributed by atoms with Gasteiger partial charge in [-0.3, -0.25) is 9.69 Å². The fourth-order valence-electron chi connectivity index (χ4n) is 4.05. The molecule has 1 aliphatic rings. The first-order valence-corrected chi connectivity index (χ1v) is 11.7. The summed E-state index contributed by atoms with van der Waals surface area (Å²) in [5.74, 6) is 0.748. The lowest BCUT2D eigenvalue weighted by Crippen LogP contribution is -2.45. The van der Waals surface area contributed by atoms with Gasteiger partial charge in [-0.25, -0.2) is 0 Å². The van der Waals surface area contributed by atoms with Gasteiger partial charge < -0.3 is 15.0 Å². The molecule has 1 atom stereocenters. The summed E-state index contributed by atoms with van der Waals surface area (Å²) in [6, 6.07) is 26.5. The van der Waals surface area contributed by atoms with E-state index in [1.54, 1.807) is 0 Å². The Kier molecular flexibility index (Phi) is 7.63. The number of carbonyl (C=O) groups excluding carboxylic acids is 1. The summed E-state index contributed by atoms with van der Waals surface area (Å²) in [5, 5.41) is 2.94. The molecule has 5 heteroatoms. The first-order valence-electron chi connectivity index (χ1n) is 11.7. The Hall–Kier alpha value is -3.31. The molecule has 3 aromatic carbocycles. The number of carbonyl (C=O) groups is 1. The van der Waals surface area contributed by atoms with E-state index in [1.165, 1.54) is 11.3 Å². The van der Waals surface area contributed by atoms with Crippen molar-refractivity contribution in [2.75, 3.05) is 37.6 Å². The van der Waals surface area contributed by atoms with Gasteiger partial charge in [0, 0.05) is 44.0 Å². The normalized spacial score (nSPS) is 15.2. The van der Waals surface area contributed by atoms with Gasteiger partial charge in [0.2, 0.25) is 0 Å². The van der Waals surface area contributed by atoms with Crippen LogP contribution in [0.4, 0.5) is 5.69 Å². The van der Waals surface area contributed by atoms with Gasteiger partial charge in [-0.05, 0) is 55.8 Å². The molecule has 0 bridgehead atoms. The van der Waals surface area contributed by atoms with Crippen LogP contribution < -0.4 is 15.0 Å². The van der Waals surface area contributed by atoms with Crippen LogP contribution >= 0.6 is 0 Å². The van der Waals surface area contributed by atoms with Crippen molar-refractivity contribution in [3.8, 4) is 5.75 Å². The maximum atomic E-state index is 12.3. The number of nitrogens with one attached hydrogen (secondary N) is 1. The molecular formula is C28H33N3O2. The fourth-order valence-corrected chi connectivity index (χ4v) is 4.05. The van der Waals surface area contributed by atoms with Gasteiger partial charge in [0.15, 0.2) is 0 Å². The molecule has 1 aliphatic heterocycles. The second kappa shape index (κ2) is 11.0. The molecule has 1 heterocycles. The van der Waals surface area contributed by atoms with Crippen LogP contribution in [0.5, 0.6) is 5.75 Å². The van der Waals surface area contributed by atoms with Crippen molar-refractivity contribution in [2.45, 2.75) is 26.5 Å². The minimum atomic E-state index is -0.115. The van der Waals surface area contributed by atoms with E-state index in [2.05, 4.69) is 57.6 Å². The van der Waals surface area contributed by atoms with E-state index in [-0.39, 0.29) is 12.0 Å². The lowest BCUT2D eigenvalue weighted by Gasteiger charge is -2.36. The van der Waals surface area contributed by atoms with Gasteiger partial charge in [-0.2, -0.15) is 0 Å². The Morgan fingerprint density at radius 3 is 2.24 bits per heavy atom. The highest BCUT2D eigenvalue weighted by molar-refractivity contribution is 5.94. The Morgan fingerprint density at radius 1 is 0.909 bits per heavy atom. The Labute approximate surface area is 197 Å². The van der Waals surface area contributed by atoms with Crippen LogP contribution in [0.2, 0.25) is 0 Å². The Bertz CT molecular complexity index is 1010. The average molecular weight is 444 g/mol. The second-order valence-electron chi connectivity index (χ2n) is 8.75. The molecule has 3 aromatic rings. The highest BCUT2D eigenvalue weighted by atomic mass is 16.5. The maximum Gasteiger partial charge on any atom is 0.251 e. The molecule has 0 spiro atoms. The number of amides is 1. The van der Waals surface area contributed by atoms with E-state index < -0.39 is 0 Å². The van der Waals surface area contributed by atoms with Crippen LogP contribution in [0.3, 0.4) is 0 Å². The molecule has 0 radical (unpaired) electrons. The number of ether oxygens (including phenoxy) is 1. The summed E-state index contributed by atoms with van der Waals surface area (Å²) in [6.07, 6.45) is -0.115. The van der Waals surface area contributed by atoms with Crippen LogP contribution in [0, 0.1) is 6.92 Å². The quantitative estimate of drug-likeness (QED) is 0.556. The van der Waals surface area contributed by atoms with Crippen molar-refractivity contribution < 1.29 is 9.53 Å². The monoisotopic (exact) mass is 443 g/mol. The highest BCUT2D eigenvalue weighted by Gasteiger charge is 2.17. The Morgan fingerprint density at radius 2 is 1.58 bits per heavy atom. The SMILES string of the molecule is Cc1ccc(C(=O)NC[C@H](C)Oc2ccc(CN3CCN(c4ccccc4)CC3)cc2)cc1. The molecule has 5 nitrogen and oxygen atoms in total. The number of para-hydroxylation sites is 1. The minimum Gasteiger partial charge on any atom is -0.489 e. The van der Waals surface area contributed by atoms with Crippen LogP contribution in [0.1, 0.15) is 28.4 Å². The first kappa shape index (κ1) is 22.9. The van der Waals surface area contributed by atoms with Crippen molar-refractivity contribution in [3.05, 3.63) is 95.6 Å². The van der Waals surface area contributed by atoms with Crippen LogP contribution in [-0.4, -0.2) is 49.6 Å². The van der Waals surface area contributed by atoms with Gasteiger partial charge in [-0.15, -0.1) is 0 Å². The van der Waals surface area contributed by atoms with E-state index >= 15 is 0 Å². The topological polar surface area (TPSA) is 44.8 Å². The third-order valence-electron chi connectivity index (χ3n) is 6.02. The lowest BCUT2D eigenvalue weighted by atomic mass is 10.1. The molecule has 0 aliphatic carbocycles. The summed E-state index contributed by atoms with van der Waals surface area (Å²) in [4.78, 5) is 17.2. The van der Waals surface area contributed by atoms with Gasteiger partial charge in [0.1, 0.15) is 11.9 Å². The number of benzene rings is 3. The molecule has 1 N–H and O–H groups in total. The number of nitrogens with zero attached hydrogens (tertiary/aromatic N) is 2. The lowest BCUT2D eigenvalue weighted by molar-refractivity contribution is 0.0932. The Balaban J connectivity index is 1.20. The van der Waals surface area contributed by atoms with Gasteiger partial charge in [0.25, 0.3) is 5.91 Å². The maximum absolute atomic E-state index is 12.3. The number of anilines is 1. The largest absolute Gasteiger partial charge is 0.489 e. The van der Waals surface area contributed by atoms with E-state index in [4.69, 9.17) is 4.74 Å². The summed E-state index contributed by atoms with van der Waals surface area (Å²) >= 11 is 0. The first-order chi connectivity index (χ1) is 16.1. The van der Waals surface area contributed by atoms with E-state index in [9.17, 15) is 4.79 Å². The molecule has 172 valence electrons. The van der Waals surface area contributed by atoms with Gasteiger partial charge in [0.05, 0.1) is 6.54 Å². The zero-order valence-electron chi connectivity index (χ0n) is 19.5. The van der Waals surface area contributed by atoms with E-state index in [0.29, 0.717) is 12.1 Å². The molecule has 1 amide bonds. The highest BCUT2D eigenvalue weighted by Crippen LogP contribution is 2.18. The molecule has 0 unspecified atom stereocenters. The number of aryl methyl sites for hydroxylation is 1. The van der Waals surface area contributed by atoms with Crippen molar-refractivity contribution in [1.82, 2.24) is 10.2 Å². The number of piperazine rings is 1. The van der Waals surface area contributed by atoms with Crippen molar-refractivity contribution >= 4 is 11.6 Å². The number of rotatable bonds is 8. The summed E-state index contributed by atoms with van der Waals surface area (Å²) < 4.78 is 5.99. The fraction of sp³-hybridized carbons (Fsp3) is 0.321. The summed E-state index contributed by atoms with van der Waals surface area (Å²) in [7, 11) is 0. The summed E-state index contributed by atoms with van der Waals surface area (Å²) in [5.41, 5.74) is 4.40. The van der Waals surface area contributed by atoms with E-state index in [0.717, 1.165) is 44.0 Å². The van der Waals surface area contributed by atoms with Gasteiger partial charge in [-0.1, -0.05) is 48.0 Å². The van der Waals surface area contributed by atoms with E-state index in [1.807, 2.05) is 50.2 Å². The van der Waals surface area contributed by atoms with Crippen LogP contribution in [0.15, 0.2) is 78.9 Å². The molecule has 1 saturated heterocycles. The molecule has 33 heavy (non-hydrogen) atoms. The van der Waals surface area contributed by atoms with Crippen LogP contribution in [0.25, 0.3) is 0 Å². The zero-order valence-corrected chi connectivity index (χ0v) is 19.5. The average Bonchev–Trinajstić information content (AvgIpc) is 2.85. The van der Waals surface area contributed by atoms with Gasteiger partial charge >= 0.3 is 0 Å². The number of hydrogen-bond donors (Lipinski definition) is 1. The zero-order chi connectivity index (χ0) is 23.0. The third kappa shape index (κ3) is 6.59.